The van der Waals surface area contributed by atoms with E-state index in [-0.39, 0.29) is 6.61 Å². The van der Waals surface area contributed by atoms with Gasteiger partial charge in [0.15, 0.2) is 11.6 Å². The molecule has 2 saturated heterocycles. The minimum absolute atomic E-state index is 0.00654. The smallest absolute Gasteiger partial charge is 0.228 e. The Kier molecular flexibility index (Phi) is 7.59. The summed E-state index contributed by atoms with van der Waals surface area (Å²) >= 11 is -0.784. The van der Waals surface area contributed by atoms with Crippen LogP contribution in [0.15, 0.2) is 6.33 Å². The number of aliphatic hydroxyl groups excluding tert-OH is 1. The van der Waals surface area contributed by atoms with Gasteiger partial charge >= 0.3 is 0 Å². The lowest BCUT2D eigenvalue weighted by Gasteiger charge is -2.32. The van der Waals surface area contributed by atoms with Crippen LogP contribution in [-0.4, -0.2) is 101 Å². The number of ether oxygens (including phenoxy) is 1. The number of aromatic nitrogens is 4. The van der Waals surface area contributed by atoms with Gasteiger partial charge in [-0.05, 0) is 19.3 Å². The van der Waals surface area contributed by atoms with E-state index < -0.39 is 11.2 Å². The van der Waals surface area contributed by atoms with Gasteiger partial charge in [0, 0.05) is 33.3 Å². The Morgan fingerprint density at radius 1 is 1.00 bits per heavy atom. The molecule has 2 aromatic rings. The van der Waals surface area contributed by atoms with E-state index in [1.807, 2.05) is 4.90 Å². The molecule has 0 unspecified atom stereocenters. The third-order valence-electron chi connectivity index (χ3n) is 5.78. The molecule has 2 aliphatic rings. The summed E-state index contributed by atoms with van der Waals surface area (Å²) in [7, 11) is 1.65. The SMILES string of the molecule is COCCN(CCO)c1nc(N2CC[S+]([O-])CC2)c2ncnc(N3CCCCC3)c2n1. The fraction of sp³-hybridized carbons (Fsp3) is 0.700. The van der Waals surface area contributed by atoms with E-state index >= 15 is 0 Å². The summed E-state index contributed by atoms with van der Waals surface area (Å²) in [6, 6.07) is 0. The predicted octanol–water partition coefficient (Wildman–Crippen LogP) is 0.424. The van der Waals surface area contributed by atoms with Crippen molar-refractivity contribution in [2.24, 2.45) is 0 Å². The van der Waals surface area contributed by atoms with Crippen molar-refractivity contribution < 1.29 is 14.4 Å². The Labute approximate surface area is 185 Å². The number of nitrogens with zero attached hydrogens (tertiary/aromatic N) is 7. The highest BCUT2D eigenvalue weighted by Gasteiger charge is 2.27. The molecule has 0 saturated carbocycles. The van der Waals surface area contributed by atoms with Crippen molar-refractivity contribution in [3.05, 3.63) is 6.33 Å². The predicted molar refractivity (Wildman–Crippen MR) is 122 cm³/mol. The number of rotatable bonds is 8. The number of piperidine rings is 1. The van der Waals surface area contributed by atoms with Gasteiger partial charge < -0.3 is 29.1 Å². The van der Waals surface area contributed by atoms with Crippen molar-refractivity contribution >= 4 is 39.8 Å². The minimum atomic E-state index is -0.784. The van der Waals surface area contributed by atoms with E-state index in [2.05, 4.69) is 19.8 Å². The molecule has 2 aliphatic heterocycles. The van der Waals surface area contributed by atoms with Crippen molar-refractivity contribution in [3.63, 3.8) is 0 Å². The monoisotopic (exact) mass is 449 g/mol. The van der Waals surface area contributed by atoms with Crippen LogP contribution in [0.1, 0.15) is 19.3 Å². The molecular formula is C20H31N7O3S. The minimum Gasteiger partial charge on any atom is -0.616 e. The lowest BCUT2D eigenvalue weighted by atomic mass is 10.1. The zero-order chi connectivity index (χ0) is 21.6. The van der Waals surface area contributed by atoms with Gasteiger partial charge in [0.05, 0.1) is 26.3 Å². The highest BCUT2D eigenvalue weighted by molar-refractivity contribution is 7.91. The Balaban J connectivity index is 1.81. The third kappa shape index (κ3) is 5.11. The number of anilines is 3. The number of hydrogen-bond donors (Lipinski definition) is 1. The largest absolute Gasteiger partial charge is 0.616 e. The third-order valence-corrected chi connectivity index (χ3v) is 7.06. The molecule has 2 aromatic heterocycles. The van der Waals surface area contributed by atoms with E-state index in [4.69, 9.17) is 14.7 Å². The van der Waals surface area contributed by atoms with Crippen LogP contribution < -0.4 is 14.7 Å². The molecule has 0 spiro atoms. The van der Waals surface area contributed by atoms with E-state index in [1.165, 1.54) is 6.42 Å². The molecule has 0 radical (unpaired) electrons. The second-order valence-electron chi connectivity index (χ2n) is 7.83. The number of methoxy groups -OCH3 is 1. The first-order chi connectivity index (χ1) is 15.2. The summed E-state index contributed by atoms with van der Waals surface area (Å²) in [6.45, 7) is 4.71. The first-order valence-electron chi connectivity index (χ1n) is 10.9. The summed E-state index contributed by atoms with van der Waals surface area (Å²) in [6.07, 6.45) is 5.10. The van der Waals surface area contributed by atoms with Crippen LogP contribution >= 0.6 is 0 Å². The van der Waals surface area contributed by atoms with E-state index in [0.29, 0.717) is 50.2 Å². The lowest BCUT2D eigenvalue weighted by molar-refractivity contribution is 0.202. The first-order valence-corrected chi connectivity index (χ1v) is 12.4. The van der Waals surface area contributed by atoms with Crippen molar-refractivity contribution in [1.29, 1.82) is 0 Å². The molecule has 170 valence electrons. The van der Waals surface area contributed by atoms with Crippen molar-refractivity contribution in [1.82, 2.24) is 19.9 Å². The van der Waals surface area contributed by atoms with Crippen molar-refractivity contribution in [2.75, 3.05) is 85.8 Å². The zero-order valence-electron chi connectivity index (χ0n) is 18.1. The first kappa shape index (κ1) is 22.3. The fourth-order valence-corrected chi connectivity index (χ4v) is 5.14. The number of hydrogen-bond acceptors (Lipinski definition) is 10. The van der Waals surface area contributed by atoms with Gasteiger partial charge in [-0.1, -0.05) is 11.2 Å². The van der Waals surface area contributed by atoms with E-state index in [9.17, 15) is 9.66 Å². The second kappa shape index (κ2) is 10.6. The van der Waals surface area contributed by atoms with Crippen LogP contribution in [0, 0.1) is 0 Å². The molecule has 4 rings (SSSR count). The lowest BCUT2D eigenvalue weighted by Crippen LogP contribution is -2.41. The van der Waals surface area contributed by atoms with Gasteiger partial charge in [-0.15, -0.1) is 0 Å². The molecule has 31 heavy (non-hydrogen) atoms. The molecule has 1 N–H and O–H groups in total. The summed E-state index contributed by atoms with van der Waals surface area (Å²) < 4.78 is 17.2. The normalized spacial score (nSPS) is 18.0. The number of fused-ring (bicyclic) bond motifs is 1. The molecule has 10 nitrogen and oxygen atoms in total. The molecule has 0 aliphatic carbocycles. The van der Waals surface area contributed by atoms with Gasteiger partial charge in [0.25, 0.3) is 0 Å². The highest BCUT2D eigenvalue weighted by atomic mass is 32.2. The summed E-state index contributed by atoms with van der Waals surface area (Å²) in [4.78, 5) is 25.3. The van der Waals surface area contributed by atoms with Gasteiger partial charge in [-0.3, -0.25) is 0 Å². The summed E-state index contributed by atoms with van der Waals surface area (Å²) in [5.41, 5.74) is 1.46. The molecule has 4 heterocycles. The van der Waals surface area contributed by atoms with E-state index in [0.717, 1.165) is 48.6 Å². The maximum atomic E-state index is 11.9. The Bertz CT molecular complexity index is 860. The quantitative estimate of drug-likeness (QED) is 0.569. The maximum Gasteiger partial charge on any atom is 0.228 e. The Morgan fingerprint density at radius 2 is 1.74 bits per heavy atom. The van der Waals surface area contributed by atoms with Crippen LogP contribution in [0.5, 0.6) is 0 Å². The van der Waals surface area contributed by atoms with Crippen LogP contribution in [0.3, 0.4) is 0 Å². The zero-order valence-corrected chi connectivity index (χ0v) is 18.9. The van der Waals surface area contributed by atoms with E-state index in [1.54, 1.807) is 13.4 Å². The van der Waals surface area contributed by atoms with Crippen LogP contribution in [0.4, 0.5) is 17.6 Å². The van der Waals surface area contributed by atoms with Gasteiger partial charge in [0.1, 0.15) is 28.9 Å². The van der Waals surface area contributed by atoms with Gasteiger partial charge in [0.2, 0.25) is 5.95 Å². The Hall–Kier alpha value is -1.95. The molecular weight excluding hydrogens is 418 g/mol. The molecule has 0 amide bonds. The van der Waals surface area contributed by atoms with Gasteiger partial charge in [-0.25, -0.2) is 15.0 Å². The average molecular weight is 450 g/mol. The molecule has 11 heteroatoms. The molecule has 0 atom stereocenters. The van der Waals surface area contributed by atoms with Crippen molar-refractivity contribution in [3.8, 4) is 0 Å². The molecule has 0 bridgehead atoms. The maximum absolute atomic E-state index is 11.9. The van der Waals surface area contributed by atoms with Crippen LogP contribution in [0.2, 0.25) is 0 Å². The Morgan fingerprint density at radius 3 is 2.45 bits per heavy atom. The second-order valence-corrected chi connectivity index (χ2v) is 9.52. The molecule has 0 aromatic carbocycles. The fourth-order valence-electron chi connectivity index (χ4n) is 4.09. The average Bonchev–Trinajstić information content (AvgIpc) is 2.82. The summed E-state index contributed by atoms with van der Waals surface area (Å²) in [5.74, 6) is 3.36. The van der Waals surface area contributed by atoms with Crippen molar-refractivity contribution in [2.45, 2.75) is 19.3 Å². The van der Waals surface area contributed by atoms with Crippen LogP contribution in [-0.2, 0) is 15.9 Å². The number of aliphatic hydroxyl groups is 1. The standard InChI is InChI=1S/C20H31N7O3S/c1-30-12-8-27(7-11-28)20-23-17-16(19(24-20)26-9-13-31(29)14-10-26)21-15-22-18(17)25-5-3-2-4-6-25/h15,28H,2-14H2,1H3. The van der Waals surface area contributed by atoms with Crippen LogP contribution in [0.25, 0.3) is 11.0 Å². The highest BCUT2D eigenvalue weighted by Crippen LogP contribution is 2.31. The summed E-state index contributed by atoms with van der Waals surface area (Å²) in [5, 5.41) is 9.60. The topological polar surface area (TPSA) is 114 Å². The molecule has 2 fully saturated rings. The van der Waals surface area contributed by atoms with Gasteiger partial charge in [-0.2, -0.15) is 4.98 Å².